The Morgan fingerprint density at radius 1 is 1.17 bits per heavy atom. The summed E-state index contributed by atoms with van der Waals surface area (Å²) in [5.41, 5.74) is 6.09. The first kappa shape index (κ1) is 20.7. The van der Waals surface area contributed by atoms with Gasteiger partial charge in [0.05, 0.1) is 6.04 Å². The number of piperidine rings is 1. The second kappa shape index (κ2) is 10.5. The SMILES string of the molecule is CCC(C)C(N)C(=O)N1CCC(CCCN2CCCC2)CC1.Cl. The van der Waals surface area contributed by atoms with Crippen molar-refractivity contribution >= 4 is 18.3 Å². The molecule has 1 amide bonds. The second-order valence-corrected chi connectivity index (χ2v) is 7.37. The van der Waals surface area contributed by atoms with Crippen LogP contribution >= 0.6 is 12.4 Å². The summed E-state index contributed by atoms with van der Waals surface area (Å²) in [5.74, 6) is 1.27. The van der Waals surface area contributed by atoms with E-state index in [1.54, 1.807) is 0 Å². The van der Waals surface area contributed by atoms with Crippen LogP contribution in [0.4, 0.5) is 0 Å². The van der Waals surface area contributed by atoms with E-state index >= 15 is 0 Å². The zero-order valence-corrected chi connectivity index (χ0v) is 15.8. The van der Waals surface area contributed by atoms with Gasteiger partial charge in [0, 0.05) is 13.1 Å². The molecular weight excluding hydrogens is 310 g/mol. The molecule has 2 rings (SSSR count). The van der Waals surface area contributed by atoms with E-state index in [4.69, 9.17) is 5.73 Å². The fourth-order valence-electron chi connectivity index (χ4n) is 3.76. The predicted molar refractivity (Wildman–Crippen MR) is 98.9 cm³/mol. The van der Waals surface area contributed by atoms with E-state index in [1.165, 1.54) is 58.2 Å². The van der Waals surface area contributed by atoms with E-state index in [9.17, 15) is 4.79 Å². The van der Waals surface area contributed by atoms with Gasteiger partial charge in [0.15, 0.2) is 0 Å². The van der Waals surface area contributed by atoms with Gasteiger partial charge < -0.3 is 15.5 Å². The molecule has 2 fully saturated rings. The molecule has 0 aromatic rings. The zero-order chi connectivity index (χ0) is 15.9. The Bertz CT molecular complexity index is 339. The summed E-state index contributed by atoms with van der Waals surface area (Å²) in [7, 11) is 0. The molecule has 0 spiro atoms. The van der Waals surface area contributed by atoms with Crippen LogP contribution in [0.15, 0.2) is 0 Å². The maximum Gasteiger partial charge on any atom is 0.239 e. The first-order valence-electron chi connectivity index (χ1n) is 9.38. The summed E-state index contributed by atoms with van der Waals surface area (Å²) in [5, 5.41) is 0. The Hall–Kier alpha value is -0.320. The molecule has 2 N–H and O–H groups in total. The van der Waals surface area contributed by atoms with Crippen LogP contribution in [0.5, 0.6) is 0 Å². The van der Waals surface area contributed by atoms with E-state index < -0.39 is 0 Å². The number of nitrogens with two attached hydrogens (primary N) is 1. The van der Waals surface area contributed by atoms with E-state index in [0.717, 1.165) is 25.4 Å². The van der Waals surface area contributed by atoms with Crippen molar-refractivity contribution in [2.24, 2.45) is 17.6 Å². The molecule has 2 saturated heterocycles. The summed E-state index contributed by atoms with van der Waals surface area (Å²) in [6.07, 6.45) is 8.73. The van der Waals surface area contributed by atoms with Gasteiger partial charge in [-0.25, -0.2) is 0 Å². The van der Waals surface area contributed by atoms with Gasteiger partial charge >= 0.3 is 0 Å². The average Bonchev–Trinajstić information content (AvgIpc) is 3.06. The van der Waals surface area contributed by atoms with Crippen LogP contribution in [-0.4, -0.2) is 54.5 Å². The molecule has 2 heterocycles. The number of hydrogen-bond acceptors (Lipinski definition) is 3. The maximum absolute atomic E-state index is 12.4. The van der Waals surface area contributed by atoms with Crippen molar-refractivity contribution < 1.29 is 4.79 Å². The normalized spacial score (nSPS) is 22.7. The number of hydrogen-bond donors (Lipinski definition) is 1. The molecule has 0 aromatic carbocycles. The molecule has 4 nitrogen and oxygen atoms in total. The first-order valence-corrected chi connectivity index (χ1v) is 9.38. The van der Waals surface area contributed by atoms with E-state index in [-0.39, 0.29) is 30.3 Å². The summed E-state index contributed by atoms with van der Waals surface area (Å²) in [6.45, 7) is 9.89. The third kappa shape index (κ3) is 6.24. The minimum atomic E-state index is -0.309. The quantitative estimate of drug-likeness (QED) is 0.771. The van der Waals surface area contributed by atoms with Crippen molar-refractivity contribution in [3.05, 3.63) is 0 Å². The lowest BCUT2D eigenvalue weighted by molar-refractivity contribution is -0.135. The van der Waals surface area contributed by atoms with Gasteiger partial charge in [-0.3, -0.25) is 4.79 Å². The lowest BCUT2D eigenvalue weighted by Crippen LogP contribution is -2.49. The Labute approximate surface area is 148 Å². The fourth-order valence-corrected chi connectivity index (χ4v) is 3.76. The maximum atomic E-state index is 12.4. The molecule has 0 bridgehead atoms. The third-order valence-corrected chi connectivity index (χ3v) is 5.75. The number of amides is 1. The summed E-state index contributed by atoms with van der Waals surface area (Å²) in [6, 6.07) is -0.309. The molecule has 0 saturated carbocycles. The topological polar surface area (TPSA) is 49.6 Å². The minimum Gasteiger partial charge on any atom is -0.341 e. The highest BCUT2D eigenvalue weighted by Crippen LogP contribution is 2.23. The molecule has 0 radical (unpaired) electrons. The zero-order valence-electron chi connectivity index (χ0n) is 15.0. The molecule has 0 aromatic heterocycles. The molecule has 0 aliphatic carbocycles. The van der Waals surface area contributed by atoms with E-state index in [1.807, 2.05) is 4.90 Å². The van der Waals surface area contributed by atoms with Crippen LogP contribution in [0.25, 0.3) is 0 Å². The minimum absolute atomic E-state index is 0. The number of carbonyl (C=O) groups is 1. The Kier molecular flexibility index (Phi) is 9.48. The van der Waals surface area contributed by atoms with Crippen LogP contribution < -0.4 is 5.73 Å². The lowest BCUT2D eigenvalue weighted by Gasteiger charge is -2.34. The summed E-state index contributed by atoms with van der Waals surface area (Å²) in [4.78, 5) is 17.0. The fraction of sp³-hybridized carbons (Fsp3) is 0.944. The Morgan fingerprint density at radius 3 is 2.35 bits per heavy atom. The smallest absolute Gasteiger partial charge is 0.239 e. The molecule has 2 aliphatic rings. The monoisotopic (exact) mass is 345 g/mol. The van der Waals surface area contributed by atoms with Crippen LogP contribution in [0, 0.1) is 11.8 Å². The second-order valence-electron chi connectivity index (χ2n) is 7.37. The summed E-state index contributed by atoms with van der Waals surface area (Å²) >= 11 is 0. The van der Waals surface area contributed by atoms with Crippen LogP contribution in [0.1, 0.15) is 58.8 Å². The molecule has 2 atom stereocenters. The van der Waals surface area contributed by atoms with Crippen LogP contribution in [0.2, 0.25) is 0 Å². The molecule has 5 heteroatoms. The van der Waals surface area contributed by atoms with E-state index in [2.05, 4.69) is 18.7 Å². The van der Waals surface area contributed by atoms with Crippen LogP contribution in [0.3, 0.4) is 0 Å². The number of halogens is 1. The molecule has 23 heavy (non-hydrogen) atoms. The van der Waals surface area contributed by atoms with Crippen molar-refractivity contribution in [3.8, 4) is 0 Å². The highest BCUT2D eigenvalue weighted by atomic mass is 35.5. The van der Waals surface area contributed by atoms with Gasteiger partial charge in [-0.2, -0.15) is 0 Å². The highest BCUT2D eigenvalue weighted by Gasteiger charge is 2.28. The highest BCUT2D eigenvalue weighted by molar-refractivity contribution is 5.85. The van der Waals surface area contributed by atoms with Crippen molar-refractivity contribution in [2.45, 2.75) is 64.8 Å². The molecule has 2 unspecified atom stereocenters. The van der Waals surface area contributed by atoms with Gasteiger partial charge in [0.2, 0.25) is 5.91 Å². The first-order chi connectivity index (χ1) is 10.6. The molecular formula is C18H36ClN3O. The molecule has 2 aliphatic heterocycles. The van der Waals surface area contributed by atoms with E-state index in [0.29, 0.717) is 0 Å². The lowest BCUT2D eigenvalue weighted by atomic mass is 9.91. The number of carbonyl (C=O) groups excluding carboxylic acids is 1. The Balaban J connectivity index is 0.00000264. The van der Waals surface area contributed by atoms with Gasteiger partial charge in [0.1, 0.15) is 0 Å². The molecule has 136 valence electrons. The predicted octanol–water partition coefficient (Wildman–Crippen LogP) is 2.90. The number of rotatable bonds is 7. The Morgan fingerprint density at radius 2 is 1.78 bits per heavy atom. The average molecular weight is 346 g/mol. The third-order valence-electron chi connectivity index (χ3n) is 5.75. The standard InChI is InChI=1S/C18H35N3O.ClH/c1-3-15(2)17(19)18(22)21-13-8-16(9-14-21)7-6-12-20-10-4-5-11-20;/h15-17H,3-14,19H2,1-2H3;1H. The van der Waals surface area contributed by atoms with Crippen molar-refractivity contribution in [1.29, 1.82) is 0 Å². The van der Waals surface area contributed by atoms with Gasteiger partial charge in [-0.15, -0.1) is 12.4 Å². The number of likely N-dealkylation sites (tertiary alicyclic amines) is 2. The van der Waals surface area contributed by atoms with Crippen LogP contribution in [-0.2, 0) is 4.79 Å². The van der Waals surface area contributed by atoms with Gasteiger partial charge in [-0.05, 0) is 70.0 Å². The van der Waals surface area contributed by atoms with Crippen molar-refractivity contribution in [3.63, 3.8) is 0 Å². The van der Waals surface area contributed by atoms with Crippen molar-refractivity contribution in [1.82, 2.24) is 9.80 Å². The van der Waals surface area contributed by atoms with Gasteiger partial charge in [-0.1, -0.05) is 20.3 Å². The number of nitrogens with zero attached hydrogens (tertiary/aromatic N) is 2. The summed E-state index contributed by atoms with van der Waals surface area (Å²) < 4.78 is 0. The van der Waals surface area contributed by atoms with Gasteiger partial charge in [0.25, 0.3) is 0 Å². The largest absolute Gasteiger partial charge is 0.341 e. The van der Waals surface area contributed by atoms with Crippen molar-refractivity contribution in [2.75, 3.05) is 32.7 Å².